The number of halogens is 1. The normalized spacial score (nSPS) is 11.5. The van der Waals surface area contributed by atoms with Gasteiger partial charge in [0.05, 0.1) is 11.6 Å². The molecule has 7 heteroatoms. The first-order valence-electron chi connectivity index (χ1n) is 8.00. The van der Waals surface area contributed by atoms with Crippen LogP contribution in [0, 0.1) is 12.7 Å². The van der Waals surface area contributed by atoms with Gasteiger partial charge in [-0.05, 0) is 41.6 Å². The van der Waals surface area contributed by atoms with E-state index < -0.39 is 0 Å². The number of rotatable bonds is 5. The second-order valence-corrected chi connectivity index (χ2v) is 7.82. The zero-order valence-electron chi connectivity index (χ0n) is 13.9. The molecule has 0 aliphatic rings. The molecule has 0 atom stereocenters. The average molecular weight is 382 g/mol. The number of anilines is 1. The van der Waals surface area contributed by atoms with Gasteiger partial charge in [-0.15, -0.1) is 22.7 Å². The highest BCUT2D eigenvalue weighted by atomic mass is 32.1. The molecule has 26 heavy (non-hydrogen) atoms. The number of hydrogen-bond acceptors (Lipinski definition) is 6. The van der Waals surface area contributed by atoms with Gasteiger partial charge >= 0.3 is 0 Å². The van der Waals surface area contributed by atoms with Gasteiger partial charge in [0.1, 0.15) is 17.0 Å². The zero-order valence-corrected chi connectivity index (χ0v) is 15.6. The van der Waals surface area contributed by atoms with Crippen molar-refractivity contribution >= 4 is 44.9 Å². The van der Waals surface area contributed by atoms with E-state index in [1.165, 1.54) is 18.0 Å². The molecule has 0 radical (unpaired) electrons. The molecule has 0 fully saturated rings. The molecule has 0 amide bonds. The number of fused-ring (bicyclic) bond motifs is 1. The van der Waals surface area contributed by atoms with Crippen LogP contribution in [0.5, 0.6) is 0 Å². The van der Waals surface area contributed by atoms with E-state index in [0.29, 0.717) is 17.8 Å². The summed E-state index contributed by atoms with van der Waals surface area (Å²) in [5, 5.41) is 7.22. The summed E-state index contributed by atoms with van der Waals surface area (Å²) in [6, 6.07) is 10.9. The van der Waals surface area contributed by atoms with Gasteiger partial charge in [0, 0.05) is 16.2 Å². The van der Waals surface area contributed by atoms with Gasteiger partial charge in [0.25, 0.3) is 0 Å². The van der Waals surface area contributed by atoms with Gasteiger partial charge in [0.15, 0.2) is 5.82 Å². The Balaban J connectivity index is 1.58. The van der Waals surface area contributed by atoms with Gasteiger partial charge in [-0.2, -0.15) is 5.10 Å². The van der Waals surface area contributed by atoms with Gasteiger partial charge < -0.3 is 0 Å². The number of nitrogens with zero attached hydrogens (tertiary/aromatic N) is 3. The van der Waals surface area contributed by atoms with E-state index in [2.05, 4.69) is 33.5 Å². The Morgan fingerprint density at radius 2 is 2.12 bits per heavy atom. The molecular weight excluding hydrogens is 367 g/mol. The van der Waals surface area contributed by atoms with Gasteiger partial charge in [0.2, 0.25) is 0 Å². The van der Waals surface area contributed by atoms with Gasteiger partial charge in [-0.1, -0.05) is 18.2 Å². The van der Waals surface area contributed by atoms with Crippen molar-refractivity contribution in [2.45, 2.75) is 13.3 Å². The highest BCUT2D eigenvalue weighted by molar-refractivity contribution is 7.18. The topological polar surface area (TPSA) is 50.2 Å². The van der Waals surface area contributed by atoms with Gasteiger partial charge in [-0.3, -0.25) is 5.43 Å². The number of hydrogen-bond donors (Lipinski definition) is 1. The summed E-state index contributed by atoms with van der Waals surface area (Å²) in [4.78, 5) is 11.6. The van der Waals surface area contributed by atoms with Crippen LogP contribution in [0.4, 0.5) is 10.2 Å². The highest BCUT2D eigenvalue weighted by Crippen LogP contribution is 2.30. The molecule has 1 aromatic carbocycles. The van der Waals surface area contributed by atoms with Gasteiger partial charge in [-0.25, -0.2) is 14.4 Å². The molecule has 3 aromatic heterocycles. The fourth-order valence-electron chi connectivity index (χ4n) is 2.58. The summed E-state index contributed by atoms with van der Waals surface area (Å²) < 4.78 is 13.9. The summed E-state index contributed by atoms with van der Waals surface area (Å²) in [7, 11) is 0. The van der Waals surface area contributed by atoms with Crippen molar-refractivity contribution in [3.63, 3.8) is 0 Å². The first-order chi connectivity index (χ1) is 12.7. The maximum Gasteiger partial charge on any atom is 0.158 e. The number of nitrogens with one attached hydrogen (secondary N) is 1. The maximum atomic E-state index is 13.9. The summed E-state index contributed by atoms with van der Waals surface area (Å²) in [5.74, 6) is 0.460. The lowest BCUT2D eigenvalue weighted by Gasteiger charge is -2.00. The van der Waals surface area contributed by atoms with E-state index in [4.69, 9.17) is 0 Å². The van der Waals surface area contributed by atoms with Crippen molar-refractivity contribution in [1.82, 2.24) is 9.97 Å². The molecule has 3 heterocycles. The van der Waals surface area contributed by atoms with Crippen molar-refractivity contribution in [3.05, 3.63) is 74.8 Å². The Hall–Kier alpha value is -2.64. The molecule has 4 aromatic rings. The van der Waals surface area contributed by atoms with E-state index in [-0.39, 0.29) is 5.82 Å². The average Bonchev–Trinajstić information content (AvgIpc) is 3.23. The second-order valence-electron chi connectivity index (χ2n) is 5.76. The zero-order chi connectivity index (χ0) is 17.9. The molecule has 4 rings (SSSR count). The smallest absolute Gasteiger partial charge is 0.158 e. The number of aromatic nitrogens is 2. The molecule has 0 saturated heterocycles. The van der Waals surface area contributed by atoms with Crippen LogP contribution in [0.2, 0.25) is 0 Å². The fraction of sp³-hybridized carbons (Fsp3) is 0.105. The molecule has 0 aliphatic heterocycles. The summed E-state index contributed by atoms with van der Waals surface area (Å²) >= 11 is 3.18. The lowest BCUT2D eigenvalue weighted by Crippen LogP contribution is -1.94. The molecule has 0 saturated carbocycles. The monoisotopic (exact) mass is 382 g/mol. The molecule has 0 spiro atoms. The Kier molecular flexibility index (Phi) is 4.73. The Morgan fingerprint density at radius 3 is 2.92 bits per heavy atom. The number of benzene rings is 1. The molecule has 4 nitrogen and oxygen atoms in total. The third-order valence-corrected chi connectivity index (χ3v) is 5.95. The van der Waals surface area contributed by atoms with Crippen molar-refractivity contribution < 1.29 is 4.39 Å². The first-order valence-corrected chi connectivity index (χ1v) is 9.70. The Labute approximate surface area is 158 Å². The van der Waals surface area contributed by atoms with Crippen LogP contribution in [-0.4, -0.2) is 16.2 Å². The van der Waals surface area contributed by atoms with E-state index in [1.54, 1.807) is 41.0 Å². The van der Waals surface area contributed by atoms with Crippen LogP contribution >= 0.6 is 22.7 Å². The van der Waals surface area contributed by atoms with Crippen LogP contribution in [0.3, 0.4) is 0 Å². The fourth-order valence-corrected chi connectivity index (χ4v) is 4.38. The Bertz CT molecular complexity index is 1080. The van der Waals surface area contributed by atoms with E-state index >= 15 is 0 Å². The molecule has 0 unspecified atom stereocenters. The van der Waals surface area contributed by atoms with Crippen LogP contribution < -0.4 is 5.43 Å². The minimum Gasteiger partial charge on any atom is -0.261 e. The number of hydrazone groups is 1. The predicted molar refractivity (Wildman–Crippen MR) is 107 cm³/mol. The van der Waals surface area contributed by atoms with Crippen molar-refractivity contribution in [3.8, 4) is 0 Å². The highest BCUT2D eigenvalue weighted by Gasteiger charge is 2.10. The van der Waals surface area contributed by atoms with Crippen LogP contribution in [0.15, 0.2) is 53.2 Å². The van der Waals surface area contributed by atoms with Crippen LogP contribution in [-0.2, 0) is 6.42 Å². The third-order valence-electron chi connectivity index (χ3n) is 3.96. The maximum absolute atomic E-state index is 13.9. The molecule has 130 valence electrons. The van der Waals surface area contributed by atoms with E-state index in [0.717, 1.165) is 20.0 Å². The minimum atomic E-state index is -0.190. The molecule has 1 N–H and O–H groups in total. The van der Waals surface area contributed by atoms with E-state index in [9.17, 15) is 4.39 Å². The van der Waals surface area contributed by atoms with Crippen molar-refractivity contribution in [1.29, 1.82) is 0 Å². The van der Waals surface area contributed by atoms with Crippen LogP contribution in [0.1, 0.15) is 20.9 Å². The van der Waals surface area contributed by atoms with Crippen molar-refractivity contribution in [2.75, 3.05) is 5.43 Å². The predicted octanol–water partition coefficient (Wildman–Crippen LogP) is 5.24. The first kappa shape index (κ1) is 16.8. The summed E-state index contributed by atoms with van der Waals surface area (Å²) in [6.07, 6.45) is 3.84. The number of aryl methyl sites for hydroxylation is 1. The molecule has 0 aliphatic carbocycles. The van der Waals surface area contributed by atoms with Crippen LogP contribution in [0.25, 0.3) is 10.2 Å². The quantitative estimate of drug-likeness (QED) is 0.379. The second kappa shape index (κ2) is 7.31. The molecule has 0 bridgehead atoms. The number of thiophene rings is 2. The lowest BCUT2D eigenvalue weighted by atomic mass is 10.1. The lowest BCUT2D eigenvalue weighted by molar-refractivity contribution is 0.614. The molecular formula is C19H15FN4S2. The third kappa shape index (κ3) is 3.49. The SMILES string of the molecule is Cc1ccsc1C=NNc1ncnc2sc(Cc3ccccc3F)cc12. The standard InChI is InChI=1S/C19H15FN4S2/c1-12-6-7-25-17(12)10-23-24-18-15-9-14(26-19(15)22-11-21-18)8-13-4-2-3-5-16(13)20/h2-7,9-11H,8H2,1H3,(H,21,22,24). The minimum absolute atomic E-state index is 0.190. The summed E-state index contributed by atoms with van der Waals surface area (Å²) in [5.41, 5.74) is 4.86. The largest absolute Gasteiger partial charge is 0.261 e. The summed E-state index contributed by atoms with van der Waals surface area (Å²) in [6.45, 7) is 2.05. The Morgan fingerprint density at radius 1 is 1.23 bits per heavy atom. The van der Waals surface area contributed by atoms with Crippen molar-refractivity contribution in [2.24, 2.45) is 5.10 Å². The van der Waals surface area contributed by atoms with E-state index in [1.807, 2.05) is 17.5 Å².